The van der Waals surface area contributed by atoms with Gasteiger partial charge in [0.1, 0.15) is 5.52 Å². The molecule has 2 aromatic rings. The van der Waals surface area contributed by atoms with Crippen LogP contribution in [0.4, 0.5) is 0 Å². The maximum atomic E-state index is 3.04. The van der Waals surface area contributed by atoms with E-state index in [4.69, 9.17) is 0 Å². The quantitative estimate of drug-likeness (QED) is 0.561. The molecule has 0 bridgehead atoms. The van der Waals surface area contributed by atoms with E-state index in [9.17, 15) is 0 Å². The number of aromatic amines is 2. The standard InChI is InChI=1S/C8H8N2/c1-6-3-2-4-8-7(6)5-9-10-8/h2-5H,1H3,(H,9,10)/p+1. The SMILES string of the molecule is Cc1cccc2[nH][nH+]cc12. The summed E-state index contributed by atoms with van der Waals surface area (Å²) in [5.41, 5.74) is 2.47. The Morgan fingerprint density at radius 1 is 1.40 bits per heavy atom. The lowest BCUT2D eigenvalue weighted by Gasteiger charge is -1.88. The van der Waals surface area contributed by atoms with E-state index in [-0.39, 0.29) is 0 Å². The fraction of sp³-hybridized carbons (Fsp3) is 0.125. The minimum Gasteiger partial charge on any atom is -0.167 e. The van der Waals surface area contributed by atoms with Crippen molar-refractivity contribution in [3.63, 3.8) is 0 Å². The lowest BCUT2D eigenvalue weighted by molar-refractivity contribution is -0.446. The zero-order chi connectivity index (χ0) is 6.97. The number of aromatic nitrogens is 2. The summed E-state index contributed by atoms with van der Waals surface area (Å²) in [7, 11) is 0. The van der Waals surface area contributed by atoms with Gasteiger partial charge in [-0.15, -0.1) is 5.10 Å². The van der Waals surface area contributed by atoms with E-state index in [1.165, 1.54) is 16.5 Å². The van der Waals surface area contributed by atoms with Crippen molar-refractivity contribution < 1.29 is 5.10 Å². The number of H-pyrrole nitrogens is 2. The predicted octanol–water partition coefficient (Wildman–Crippen LogP) is 1.29. The Balaban J connectivity index is 2.95. The van der Waals surface area contributed by atoms with Crippen molar-refractivity contribution >= 4 is 10.9 Å². The van der Waals surface area contributed by atoms with E-state index in [0.29, 0.717) is 0 Å². The van der Waals surface area contributed by atoms with Crippen molar-refractivity contribution in [1.82, 2.24) is 5.10 Å². The van der Waals surface area contributed by atoms with Crippen LogP contribution in [0.2, 0.25) is 0 Å². The number of rotatable bonds is 0. The molecular weight excluding hydrogens is 124 g/mol. The number of fused-ring (bicyclic) bond motifs is 1. The fourth-order valence-electron chi connectivity index (χ4n) is 1.17. The van der Waals surface area contributed by atoms with Crippen LogP contribution in [0, 0.1) is 6.92 Å². The van der Waals surface area contributed by atoms with E-state index in [1.807, 2.05) is 12.3 Å². The fourth-order valence-corrected chi connectivity index (χ4v) is 1.17. The molecule has 0 fully saturated rings. The summed E-state index contributed by atoms with van der Waals surface area (Å²) in [5.74, 6) is 0. The molecule has 2 N–H and O–H groups in total. The molecule has 0 aliphatic rings. The summed E-state index contributed by atoms with van der Waals surface area (Å²) in [6.45, 7) is 2.10. The van der Waals surface area contributed by atoms with Crippen molar-refractivity contribution in [3.05, 3.63) is 30.0 Å². The number of aryl methyl sites for hydroxylation is 1. The highest BCUT2D eigenvalue weighted by molar-refractivity contribution is 5.80. The van der Waals surface area contributed by atoms with Gasteiger partial charge in [-0.2, -0.15) is 5.10 Å². The summed E-state index contributed by atoms with van der Waals surface area (Å²) >= 11 is 0. The highest BCUT2D eigenvalue weighted by atomic mass is 15.1. The average Bonchev–Trinajstić information content (AvgIpc) is 2.36. The van der Waals surface area contributed by atoms with Crippen LogP contribution in [0.5, 0.6) is 0 Å². The lowest BCUT2D eigenvalue weighted by Crippen LogP contribution is -1.96. The summed E-state index contributed by atoms with van der Waals surface area (Å²) < 4.78 is 0. The number of hydrogen-bond acceptors (Lipinski definition) is 0. The van der Waals surface area contributed by atoms with E-state index < -0.39 is 0 Å². The largest absolute Gasteiger partial charge is 0.200 e. The van der Waals surface area contributed by atoms with Crippen LogP contribution in [-0.4, -0.2) is 5.10 Å². The van der Waals surface area contributed by atoms with Crippen LogP contribution in [0.25, 0.3) is 10.9 Å². The van der Waals surface area contributed by atoms with Gasteiger partial charge < -0.3 is 0 Å². The molecule has 1 heterocycles. The molecule has 0 radical (unpaired) electrons. The van der Waals surface area contributed by atoms with Crippen molar-refractivity contribution in [3.8, 4) is 0 Å². The molecule has 50 valence electrons. The van der Waals surface area contributed by atoms with Crippen molar-refractivity contribution in [1.29, 1.82) is 0 Å². The Morgan fingerprint density at radius 2 is 2.30 bits per heavy atom. The molecule has 0 spiro atoms. The maximum Gasteiger partial charge on any atom is 0.200 e. The first-order chi connectivity index (χ1) is 4.88. The molecule has 1 aromatic carbocycles. The first-order valence-electron chi connectivity index (χ1n) is 3.32. The summed E-state index contributed by atoms with van der Waals surface area (Å²) in [5, 5.41) is 7.26. The first kappa shape index (κ1) is 5.47. The topological polar surface area (TPSA) is 29.9 Å². The summed E-state index contributed by atoms with van der Waals surface area (Å²) in [6, 6.07) is 6.20. The highest BCUT2D eigenvalue weighted by Crippen LogP contribution is 2.12. The van der Waals surface area contributed by atoms with E-state index in [0.717, 1.165) is 0 Å². The molecule has 1 aromatic heterocycles. The molecule has 2 nitrogen and oxygen atoms in total. The zero-order valence-electron chi connectivity index (χ0n) is 5.81. The Hall–Kier alpha value is -1.31. The van der Waals surface area contributed by atoms with Crippen LogP contribution < -0.4 is 5.10 Å². The summed E-state index contributed by atoms with van der Waals surface area (Å²) in [6.07, 6.45) is 1.98. The Labute approximate surface area is 58.9 Å². The average molecular weight is 133 g/mol. The van der Waals surface area contributed by atoms with Gasteiger partial charge in [-0.3, -0.25) is 0 Å². The van der Waals surface area contributed by atoms with Crippen molar-refractivity contribution in [2.24, 2.45) is 0 Å². The third kappa shape index (κ3) is 0.620. The predicted molar refractivity (Wildman–Crippen MR) is 39.6 cm³/mol. The second kappa shape index (κ2) is 1.84. The normalized spacial score (nSPS) is 10.5. The highest BCUT2D eigenvalue weighted by Gasteiger charge is 1.99. The van der Waals surface area contributed by atoms with Gasteiger partial charge in [-0.05, 0) is 18.6 Å². The van der Waals surface area contributed by atoms with Gasteiger partial charge in [0.05, 0.1) is 5.39 Å². The van der Waals surface area contributed by atoms with Gasteiger partial charge in [0.2, 0.25) is 6.20 Å². The van der Waals surface area contributed by atoms with Gasteiger partial charge in [-0.25, -0.2) is 0 Å². The molecule has 0 saturated carbocycles. The minimum atomic E-state index is 1.17. The second-order valence-corrected chi connectivity index (χ2v) is 2.45. The molecule has 2 heteroatoms. The Kier molecular flexibility index (Phi) is 1.01. The third-order valence-corrected chi connectivity index (χ3v) is 1.75. The smallest absolute Gasteiger partial charge is 0.167 e. The maximum absolute atomic E-state index is 3.04. The van der Waals surface area contributed by atoms with E-state index >= 15 is 0 Å². The van der Waals surface area contributed by atoms with Gasteiger partial charge in [-0.1, -0.05) is 12.1 Å². The molecule has 2 rings (SSSR count). The van der Waals surface area contributed by atoms with Crippen LogP contribution in [0.1, 0.15) is 5.56 Å². The van der Waals surface area contributed by atoms with E-state index in [1.54, 1.807) is 0 Å². The molecule has 0 aliphatic heterocycles. The van der Waals surface area contributed by atoms with E-state index in [2.05, 4.69) is 29.3 Å². The van der Waals surface area contributed by atoms with Crippen LogP contribution in [-0.2, 0) is 0 Å². The number of hydrogen-bond donors (Lipinski definition) is 1. The van der Waals surface area contributed by atoms with Gasteiger partial charge >= 0.3 is 0 Å². The Bertz CT molecular complexity index is 349. The van der Waals surface area contributed by atoms with Crippen LogP contribution >= 0.6 is 0 Å². The van der Waals surface area contributed by atoms with Crippen LogP contribution in [0.15, 0.2) is 24.4 Å². The third-order valence-electron chi connectivity index (χ3n) is 1.75. The van der Waals surface area contributed by atoms with Gasteiger partial charge in [0.15, 0.2) is 0 Å². The monoisotopic (exact) mass is 133 g/mol. The second-order valence-electron chi connectivity index (χ2n) is 2.45. The van der Waals surface area contributed by atoms with Gasteiger partial charge in [0, 0.05) is 0 Å². The number of benzene rings is 1. The van der Waals surface area contributed by atoms with Crippen molar-refractivity contribution in [2.45, 2.75) is 6.92 Å². The Morgan fingerprint density at radius 3 is 3.10 bits per heavy atom. The minimum absolute atomic E-state index is 1.17. The zero-order valence-corrected chi connectivity index (χ0v) is 5.81. The van der Waals surface area contributed by atoms with Crippen molar-refractivity contribution in [2.75, 3.05) is 0 Å². The number of nitrogens with one attached hydrogen (secondary N) is 2. The molecule has 0 unspecified atom stereocenters. The molecule has 10 heavy (non-hydrogen) atoms. The molecular formula is C8H9N2+. The van der Waals surface area contributed by atoms with Crippen LogP contribution in [0.3, 0.4) is 0 Å². The first-order valence-corrected chi connectivity index (χ1v) is 3.32. The molecule has 0 aliphatic carbocycles. The lowest BCUT2D eigenvalue weighted by atomic mass is 10.2. The molecule has 0 amide bonds. The molecule has 0 saturated heterocycles. The summed E-state index contributed by atoms with van der Waals surface area (Å²) in [4.78, 5) is 0. The molecule has 0 atom stereocenters. The van der Waals surface area contributed by atoms with Gasteiger partial charge in [0.25, 0.3) is 0 Å².